The minimum atomic E-state index is -0.177. The number of rotatable bonds is 6. The van der Waals surface area contributed by atoms with E-state index in [4.69, 9.17) is 11.6 Å². The Hall–Kier alpha value is -1.71. The number of ketones is 1. The summed E-state index contributed by atoms with van der Waals surface area (Å²) in [6, 6.07) is 10.8. The van der Waals surface area contributed by atoms with Crippen LogP contribution in [0, 0.1) is 0 Å². The molecule has 0 fully saturated rings. The fourth-order valence-corrected chi connectivity index (χ4v) is 2.39. The first kappa shape index (κ1) is 15.7. The summed E-state index contributed by atoms with van der Waals surface area (Å²) >= 11 is 5.87. The van der Waals surface area contributed by atoms with E-state index >= 15 is 0 Å². The van der Waals surface area contributed by atoms with Crippen LogP contribution in [-0.2, 0) is 6.54 Å². The number of nitrogens with zero attached hydrogens (tertiary/aromatic N) is 2. The summed E-state index contributed by atoms with van der Waals surface area (Å²) < 4.78 is 0. The third kappa shape index (κ3) is 4.13. The second-order valence-electron chi connectivity index (χ2n) is 4.97. The van der Waals surface area contributed by atoms with Crippen molar-refractivity contribution in [2.75, 3.05) is 6.54 Å². The number of likely N-dealkylation sites (N-methyl/N-ethyl adjacent to an activating group) is 1. The molecule has 4 heteroatoms. The molecule has 0 bridgehead atoms. The molecular weight excluding hydrogens is 284 g/mol. The summed E-state index contributed by atoms with van der Waals surface area (Å²) in [7, 11) is 0. The molecule has 1 aromatic heterocycles. The van der Waals surface area contributed by atoms with Crippen LogP contribution in [0.4, 0.5) is 0 Å². The van der Waals surface area contributed by atoms with Crippen molar-refractivity contribution in [2.24, 2.45) is 0 Å². The number of benzene rings is 1. The van der Waals surface area contributed by atoms with Gasteiger partial charge in [-0.15, -0.1) is 0 Å². The Morgan fingerprint density at radius 1 is 1.19 bits per heavy atom. The van der Waals surface area contributed by atoms with Crippen molar-refractivity contribution in [3.05, 3.63) is 64.9 Å². The normalized spacial score (nSPS) is 12.4. The SMILES string of the molecule is CCN(Cc1ccncc1)C(C)C(=O)c1ccc(Cl)cc1. The van der Waals surface area contributed by atoms with Crippen molar-refractivity contribution >= 4 is 17.4 Å². The molecule has 0 amide bonds. The number of halogens is 1. The van der Waals surface area contributed by atoms with Crippen molar-refractivity contribution in [3.8, 4) is 0 Å². The summed E-state index contributed by atoms with van der Waals surface area (Å²) in [6.45, 7) is 5.55. The van der Waals surface area contributed by atoms with Crippen LogP contribution in [0.15, 0.2) is 48.8 Å². The van der Waals surface area contributed by atoms with Gasteiger partial charge in [0.2, 0.25) is 0 Å². The Bertz CT molecular complexity index is 583. The number of hydrogen-bond acceptors (Lipinski definition) is 3. The Balaban J connectivity index is 2.10. The van der Waals surface area contributed by atoms with Crippen molar-refractivity contribution in [1.82, 2.24) is 9.88 Å². The van der Waals surface area contributed by atoms with Crippen molar-refractivity contribution < 1.29 is 4.79 Å². The fourth-order valence-electron chi connectivity index (χ4n) is 2.27. The predicted molar refractivity (Wildman–Crippen MR) is 85.6 cm³/mol. The van der Waals surface area contributed by atoms with Crippen LogP contribution in [0.3, 0.4) is 0 Å². The standard InChI is InChI=1S/C17H19ClN2O/c1-3-20(12-14-8-10-19-11-9-14)13(2)17(21)15-4-6-16(18)7-5-15/h4-11,13H,3,12H2,1-2H3. The van der Waals surface area contributed by atoms with E-state index in [0.29, 0.717) is 10.6 Å². The van der Waals surface area contributed by atoms with Gasteiger partial charge < -0.3 is 0 Å². The Kier molecular flexibility index (Phi) is 5.48. The van der Waals surface area contributed by atoms with Gasteiger partial charge in [-0.25, -0.2) is 0 Å². The first-order valence-electron chi connectivity index (χ1n) is 7.04. The molecular formula is C17H19ClN2O. The molecule has 21 heavy (non-hydrogen) atoms. The highest BCUT2D eigenvalue weighted by Crippen LogP contribution is 2.15. The lowest BCUT2D eigenvalue weighted by Gasteiger charge is -2.26. The topological polar surface area (TPSA) is 33.2 Å². The molecule has 0 N–H and O–H groups in total. The molecule has 0 aliphatic carbocycles. The second kappa shape index (κ2) is 7.34. The molecule has 3 nitrogen and oxygen atoms in total. The van der Waals surface area contributed by atoms with E-state index in [0.717, 1.165) is 18.7 Å². The highest BCUT2D eigenvalue weighted by molar-refractivity contribution is 6.30. The summed E-state index contributed by atoms with van der Waals surface area (Å²) in [6.07, 6.45) is 3.55. The zero-order valence-electron chi connectivity index (χ0n) is 12.3. The summed E-state index contributed by atoms with van der Waals surface area (Å²) in [4.78, 5) is 18.7. The van der Waals surface area contributed by atoms with Crippen LogP contribution >= 0.6 is 11.6 Å². The maximum atomic E-state index is 12.5. The maximum absolute atomic E-state index is 12.5. The molecule has 0 saturated heterocycles. The lowest BCUT2D eigenvalue weighted by molar-refractivity contribution is 0.0835. The number of pyridine rings is 1. The monoisotopic (exact) mass is 302 g/mol. The minimum absolute atomic E-state index is 0.113. The van der Waals surface area contributed by atoms with Gasteiger partial charge in [0, 0.05) is 29.5 Å². The molecule has 1 atom stereocenters. The average molecular weight is 303 g/mol. The Morgan fingerprint density at radius 2 is 1.81 bits per heavy atom. The first-order valence-corrected chi connectivity index (χ1v) is 7.42. The van der Waals surface area contributed by atoms with Gasteiger partial charge in [-0.05, 0) is 55.4 Å². The van der Waals surface area contributed by atoms with Gasteiger partial charge in [0.25, 0.3) is 0 Å². The molecule has 2 rings (SSSR count). The number of Topliss-reactive ketones (excluding diaryl/α,β-unsaturated/α-hetero) is 1. The number of carbonyl (C=O) groups excluding carboxylic acids is 1. The van der Waals surface area contributed by atoms with E-state index in [1.165, 1.54) is 0 Å². The van der Waals surface area contributed by atoms with E-state index in [2.05, 4.69) is 16.8 Å². The summed E-state index contributed by atoms with van der Waals surface area (Å²) in [5.74, 6) is 0.113. The lowest BCUT2D eigenvalue weighted by Crippen LogP contribution is -2.38. The number of carbonyl (C=O) groups is 1. The third-order valence-corrected chi connectivity index (χ3v) is 3.85. The van der Waals surface area contributed by atoms with E-state index in [1.54, 1.807) is 36.7 Å². The fraction of sp³-hybridized carbons (Fsp3) is 0.294. The van der Waals surface area contributed by atoms with Crippen molar-refractivity contribution in [1.29, 1.82) is 0 Å². The molecule has 0 aliphatic rings. The molecule has 110 valence electrons. The second-order valence-corrected chi connectivity index (χ2v) is 5.40. The van der Waals surface area contributed by atoms with Crippen LogP contribution in [0.1, 0.15) is 29.8 Å². The van der Waals surface area contributed by atoms with Crippen LogP contribution < -0.4 is 0 Å². The minimum Gasteiger partial charge on any atom is -0.292 e. The quantitative estimate of drug-likeness (QED) is 0.760. The highest BCUT2D eigenvalue weighted by atomic mass is 35.5. The molecule has 1 aromatic carbocycles. The molecule has 0 saturated carbocycles. The first-order chi connectivity index (χ1) is 10.1. The zero-order valence-corrected chi connectivity index (χ0v) is 13.0. The van der Waals surface area contributed by atoms with Gasteiger partial charge >= 0.3 is 0 Å². The van der Waals surface area contributed by atoms with Gasteiger partial charge in [-0.3, -0.25) is 14.7 Å². The van der Waals surface area contributed by atoms with E-state index in [-0.39, 0.29) is 11.8 Å². The Morgan fingerprint density at radius 3 is 2.38 bits per heavy atom. The van der Waals surface area contributed by atoms with Crippen LogP contribution in [-0.4, -0.2) is 28.3 Å². The molecule has 0 spiro atoms. The highest BCUT2D eigenvalue weighted by Gasteiger charge is 2.21. The van der Waals surface area contributed by atoms with Gasteiger partial charge in [0.15, 0.2) is 5.78 Å². The third-order valence-electron chi connectivity index (χ3n) is 3.60. The van der Waals surface area contributed by atoms with Gasteiger partial charge in [0.1, 0.15) is 0 Å². The number of hydrogen-bond donors (Lipinski definition) is 0. The van der Waals surface area contributed by atoms with Gasteiger partial charge in [-0.1, -0.05) is 18.5 Å². The smallest absolute Gasteiger partial charge is 0.179 e. The lowest BCUT2D eigenvalue weighted by atomic mass is 10.0. The van der Waals surface area contributed by atoms with E-state index in [9.17, 15) is 4.79 Å². The van der Waals surface area contributed by atoms with Crippen LogP contribution in [0.5, 0.6) is 0 Å². The molecule has 2 aromatic rings. The summed E-state index contributed by atoms with van der Waals surface area (Å²) in [5.41, 5.74) is 1.85. The summed E-state index contributed by atoms with van der Waals surface area (Å²) in [5, 5.41) is 0.642. The van der Waals surface area contributed by atoms with Gasteiger partial charge in [-0.2, -0.15) is 0 Å². The Labute approximate surface area is 130 Å². The van der Waals surface area contributed by atoms with Crippen molar-refractivity contribution in [3.63, 3.8) is 0 Å². The largest absolute Gasteiger partial charge is 0.292 e. The maximum Gasteiger partial charge on any atom is 0.179 e. The zero-order chi connectivity index (χ0) is 15.2. The predicted octanol–water partition coefficient (Wildman–Crippen LogP) is 3.83. The average Bonchev–Trinajstić information content (AvgIpc) is 2.53. The molecule has 0 radical (unpaired) electrons. The van der Waals surface area contributed by atoms with E-state index in [1.807, 2.05) is 19.1 Å². The van der Waals surface area contributed by atoms with Crippen LogP contribution in [0.25, 0.3) is 0 Å². The number of aromatic nitrogens is 1. The van der Waals surface area contributed by atoms with Crippen LogP contribution in [0.2, 0.25) is 5.02 Å². The molecule has 1 unspecified atom stereocenters. The van der Waals surface area contributed by atoms with Crippen molar-refractivity contribution in [2.45, 2.75) is 26.4 Å². The molecule has 0 aliphatic heterocycles. The molecule has 1 heterocycles. The van der Waals surface area contributed by atoms with E-state index < -0.39 is 0 Å². The van der Waals surface area contributed by atoms with Gasteiger partial charge in [0.05, 0.1) is 6.04 Å².